The van der Waals surface area contributed by atoms with E-state index in [1.807, 2.05) is 41.5 Å². The van der Waals surface area contributed by atoms with Crippen molar-refractivity contribution >= 4 is 23.7 Å². The molecule has 0 aromatic heterocycles. The first-order valence-corrected chi connectivity index (χ1v) is 10.2. The molecule has 0 aliphatic carbocycles. The lowest BCUT2D eigenvalue weighted by Crippen LogP contribution is -2.54. The highest BCUT2D eigenvalue weighted by molar-refractivity contribution is 5.92. The standard InChI is InChI=1S/C20H38N4O5/c1-7-13(6)17(21)19(27)22-10-16(25)23-14(8-11(2)3)18(26)24-15(20(28)29)9-12(4)5/h11-15,17H,7-10,21H2,1-6H3,(H,22,27)(H,23,25)(H,24,26)(H,28,29). The minimum absolute atomic E-state index is 0.0218. The summed E-state index contributed by atoms with van der Waals surface area (Å²) in [6.07, 6.45) is 1.36. The average Bonchev–Trinajstić information content (AvgIpc) is 2.62. The van der Waals surface area contributed by atoms with Crippen LogP contribution in [0.2, 0.25) is 0 Å². The fourth-order valence-corrected chi connectivity index (χ4v) is 2.71. The van der Waals surface area contributed by atoms with Gasteiger partial charge in [-0.15, -0.1) is 0 Å². The Morgan fingerprint density at radius 3 is 1.83 bits per heavy atom. The third-order valence-corrected chi connectivity index (χ3v) is 4.66. The third-order valence-electron chi connectivity index (χ3n) is 4.66. The molecule has 9 nitrogen and oxygen atoms in total. The van der Waals surface area contributed by atoms with Crippen LogP contribution < -0.4 is 21.7 Å². The van der Waals surface area contributed by atoms with E-state index < -0.39 is 41.8 Å². The third kappa shape index (κ3) is 10.8. The van der Waals surface area contributed by atoms with Crippen LogP contribution in [0, 0.1) is 17.8 Å². The summed E-state index contributed by atoms with van der Waals surface area (Å²) in [7, 11) is 0. The van der Waals surface area contributed by atoms with E-state index in [1.54, 1.807) is 0 Å². The van der Waals surface area contributed by atoms with Crippen molar-refractivity contribution in [2.24, 2.45) is 23.5 Å². The number of carboxylic acids is 1. The Morgan fingerprint density at radius 2 is 1.38 bits per heavy atom. The lowest BCUT2D eigenvalue weighted by Gasteiger charge is -2.24. The van der Waals surface area contributed by atoms with Gasteiger partial charge in [0.15, 0.2) is 0 Å². The molecule has 0 spiro atoms. The Bertz CT molecular complexity index is 565. The Hall–Kier alpha value is -2.16. The van der Waals surface area contributed by atoms with E-state index in [2.05, 4.69) is 16.0 Å². The fraction of sp³-hybridized carbons (Fsp3) is 0.800. The molecule has 0 aliphatic rings. The molecule has 0 heterocycles. The largest absolute Gasteiger partial charge is 0.480 e. The molecule has 4 unspecified atom stereocenters. The van der Waals surface area contributed by atoms with Gasteiger partial charge in [-0.05, 0) is 30.6 Å². The van der Waals surface area contributed by atoms with Crippen molar-refractivity contribution in [3.8, 4) is 0 Å². The second-order valence-corrected chi connectivity index (χ2v) is 8.41. The molecule has 9 heteroatoms. The Balaban J connectivity index is 4.92. The van der Waals surface area contributed by atoms with Crippen molar-refractivity contribution < 1.29 is 24.3 Å². The maximum Gasteiger partial charge on any atom is 0.326 e. The van der Waals surface area contributed by atoms with Crippen LogP contribution in [0.5, 0.6) is 0 Å². The summed E-state index contributed by atoms with van der Waals surface area (Å²) >= 11 is 0. The van der Waals surface area contributed by atoms with Gasteiger partial charge in [-0.2, -0.15) is 0 Å². The molecule has 0 aromatic carbocycles. The Morgan fingerprint density at radius 1 is 0.862 bits per heavy atom. The summed E-state index contributed by atoms with van der Waals surface area (Å²) in [5, 5.41) is 16.9. The van der Waals surface area contributed by atoms with E-state index in [1.165, 1.54) is 0 Å². The minimum atomic E-state index is -1.12. The normalized spacial score (nSPS) is 15.3. The average molecular weight is 415 g/mol. The van der Waals surface area contributed by atoms with E-state index in [0.717, 1.165) is 6.42 Å². The highest BCUT2D eigenvalue weighted by Crippen LogP contribution is 2.09. The molecule has 4 atom stereocenters. The highest BCUT2D eigenvalue weighted by atomic mass is 16.4. The fourth-order valence-electron chi connectivity index (χ4n) is 2.71. The van der Waals surface area contributed by atoms with E-state index in [-0.39, 0.29) is 30.7 Å². The van der Waals surface area contributed by atoms with Crippen LogP contribution in [-0.2, 0) is 19.2 Å². The van der Waals surface area contributed by atoms with Crippen molar-refractivity contribution in [3.05, 3.63) is 0 Å². The summed E-state index contributed by atoms with van der Waals surface area (Å²) in [4.78, 5) is 48.2. The maximum absolute atomic E-state index is 12.6. The maximum atomic E-state index is 12.6. The number of carbonyl (C=O) groups is 4. The quantitative estimate of drug-likeness (QED) is 0.298. The Kier molecular flexibility index (Phi) is 12.2. The number of carbonyl (C=O) groups excluding carboxylic acids is 3. The van der Waals surface area contributed by atoms with Gasteiger partial charge < -0.3 is 26.8 Å². The summed E-state index contributed by atoms with van der Waals surface area (Å²) in [5.41, 5.74) is 5.83. The smallest absolute Gasteiger partial charge is 0.326 e. The first kappa shape index (κ1) is 26.8. The summed E-state index contributed by atoms with van der Waals surface area (Å²) in [5.74, 6) is -2.48. The van der Waals surface area contributed by atoms with Crippen LogP contribution in [0.1, 0.15) is 60.8 Å². The second kappa shape index (κ2) is 13.1. The molecular formula is C20H38N4O5. The molecule has 0 aliphatic heterocycles. The SMILES string of the molecule is CCC(C)C(N)C(=O)NCC(=O)NC(CC(C)C)C(=O)NC(CC(C)C)C(=O)O. The summed E-state index contributed by atoms with van der Waals surface area (Å²) in [6, 6.07) is -2.63. The van der Waals surface area contributed by atoms with E-state index in [4.69, 9.17) is 5.73 Å². The summed E-state index contributed by atoms with van der Waals surface area (Å²) < 4.78 is 0. The van der Waals surface area contributed by atoms with Crippen LogP contribution in [0.25, 0.3) is 0 Å². The predicted octanol–water partition coefficient (Wildman–Crippen LogP) is 0.622. The molecule has 0 bridgehead atoms. The zero-order valence-corrected chi connectivity index (χ0v) is 18.5. The molecule has 168 valence electrons. The van der Waals surface area contributed by atoms with Crippen molar-refractivity contribution in [3.63, 3.8) is 0 Å². The molecular weight excluding hydrogens is 376 g/mol. The van der Waals surface area contributed by atoms with Crippen molar-refractivity contribution in [1.82, 2.24) is 16.0 Å². The van der Waals surface area contributed by atoms with Gasteiger partial charge in [0.1, 0.15) is 12.1 Å². The molecule has 0 aromatic rings. The molecule has 3 amide bonds. The summed E-state index contributed by atoms with van der Waals surface area (Å²) in [6.45, 7) is 11.0. The number of carboxylic acid groups (broad SMARTS) is 1. The number of hydrogen-bond acceptors (Lipinski definition) is 5. The van der Waals surface area contributed by atoms with E-state index in [0.29, 0.717) is 6.42 Å². The van der Waals surface area contributed by atoms with E-state index >= 15 is 0 Å². The number of amides is 3. The molecule has 0 saturated heterocycles. The molecule has 0 radical (unpaired) electrons. The van der Waals surface area contributed by atoms with Crippen LogP contribution in [0.3, 0.4) is 0 Å². The van der Waals surface area contributed by atoms with Crippen molar-refractivity contribution in [1.29, 1.82) is 0 Å². The first-order chi connectivity index (χ1) is 13.4. The van der Waals surface area contributed by atoms with Crippen molar-refractivity contribution in [2.75, 3.05) is 6.54 Å². The van der Waals surface area contributed by atoms with Gasteiger partial charge in [0, 0.05) is 0 Å². The molecule has 0 rings (SSSR count). The second-order valence-electron chi connectivity index (χ2n) is 8.41. The highest BCUT2D eigenvalue weighted by Gasteiger charge is 2.28. The molecule has 6 N–H and O–H groups in total. The Labute approximate surface area is 173 Å². The van der Waals surface area contributed by atoms with Gasteiger partial charge in [0.25, 0.3) is 0 Å². The monoisotopic (exact) mass is 414 g/mol. The lowest BCUT2D eigenvalue weighted by atomic mass is 9.99. The number of nitrogens with one attached hydrogen (secondary N) is 3. The van der Waals surface area contributed by atoms with Gasteiger partial charge in [-0.25, -0.2) is 4.79 Å². The van der Waals surface area contributed by atoms with Gasteiger partial charge in [0.2, 0.25) is 17.7 Å². The number of aliphatic carboxylic acids is 1. The zero-order chi connectivity index (χ0) is 22.7. The first-order valence-electron chi connectivity index (χ1n) is 10.2. The van der Waals surface area contributed by atoms with Gasteiger partial charge in [0.05, 0.1) is 12.6 Å². The topological polar surface area (TPSA) is 151 Å². The van der Waals surface area contributed by atoms with Gasteiger partial charge >= 0.3 is 5.97 Å². The van der Waals surface area contributed by atoms with Crippen LogP contribution in [0.4, 0.5) is 0 Å². The van der Waals surface area contributed by atoms with E-state index in [9.17, 15) is 24.3 Å². The molecule has 0 saturated carbocycles. The van der Waals surface area contributed by atoms with Gasteiger partial charge in [-0.1, -0.05) is 48.0 Å². The zero-order valence-electron chi connectivity index (χ0n) is 18.5. The molecule has 29 heavy (non-hydrogen) atoms. The predicted molar refractivity (Wildman–Crippen MR) is 111 cm³/mol. The number of hydrogen-bond donors (Lipinski definition) is 5. The molecule has 0 fully saturated rings. The van der Waals surface area contributed by atoms with Crippen LogP contribution in [0.15, 0.2) is 0 Å². The number of rotatable bonds is 13. The van der Waals surface area contributed by atoms with Crippen LogP contribution in [-0.4, -0.2) is 53.5 Å². The minimum Gasteiger partial charge on any atom is -0.480 e. The van der Waals surface area contributed by atoms with Gasteiger partial charge in [-0.3, -0.25) is 14.4 Å². The lowest BCUT2D eigenvalue weighted by molar-refractivity contribution is -0.142. The van der Waals surface area contributed by atoms with Crippen LogP contribution >= 0.6 is 0 Å². The number of nitrogens with two attached hydrogens (primary N) is 1. The van der Waals surface area contributed by atoms with Crippen molar-refractivity contribution in [2.45, 2.75) is 78.9 Å².